The number of nitrogens with zero attached hydrogens (tertiary/aromatic N) is 3. The average Bonchev–Trinajstić information content (AvgIpc) is 3.26. The van der Waals surface area contributed by atoms with Crippen molar-refractivity contribution in [2.45, 2.75) is 13.1 Å². The number of amides is 1. The Balaban J connectivity index is 1.59. The van der Waals surface area contributed by atoms with E-state index in [9.17, 15) is 4.79 Å². The molecule has 2 aromatic heterocycles. The number of nitrogens with one attached hydrogen (secondary N) is 1. The van der Waals surface area contributed by atoms with Gasteiger partial charge in [-0.3, -0.25) is 9.69 Å². The lowest BCUT2D eigenvalue weighted by atomic mass is 10.1. The summed E-state index contributed by atoms with van der Waals surface area (Å²) in [4.78, 5) is 14.6. The van der Waals surface area contributed by atoms with Gasteiger partial charge in [0, 0.05) is 19.2 Å². The fraction of sp³-hybridized carbons (Fsp3) is 0.235. The molecule has 0 aliphatic carbocycles. The molecule has 6 nitrogen and oxygen atoms in total. The summed E-state index contributed by atoms with van der Waals surface area (Å²) in [6.07, 6.45) is 0. The van der Waals surface area contributed by atoms with Gasteiger partial charge in [-0.05, 0) is 36.2 Å². The zero-order valence-electron chi connectivity index (χ0n) is 13.5. The van der Waals surface area contributed by atoms with Gasteiger partial charge in [-0.15, -0.1) is 21.5 Å². The first-order valence-corrected chi connectivity index (χ1v) is 8.39. The van der Waals surface area contributed by atoms with Crippen molar-refractivity contribution < 1.29 is 9.21 Å². The first-order valence-electron chi connectivity index (χ1n) is 7.51. The second kappa shape index (κ2) is 7.37. The third kappa shape index (κ3) is 3.87. The largest absolute Gasteiger partial charge is 0.419 e. The van der Waals surface area contributed by atoms with E-state index in [2.05, 4.69) is 20.4 Å². The lowest BCUT2D eigenvalue weighted by Crippen LogP contribution is -2.19. The molecule has 3 rings (SSSR count). The van der Waals surface area contributed by atoms with Gasteiger partial charge in [0.1, 0.15) is 0 Å². The molecule has 3 aromatic rings. The van der Waals surface area contributed by atoms with Crippen molar-refractivity contribution in [2.24, 2.45) is 0 Å². The molecular weight excluding hydrogens is 324 g/mol. The fourth-order valence-corrected chi connectivity index (χ4v) is 2.97. The molecule has 2 heterocycles. The Bertz CT molecular complexity index is 796. The minimum atomic E-state index is -0.0816. The summed E-state index contributed by atoms with van der Waals surface area (Å²) < 4.78 is 5.70. The molecule has 0 spiro atoms. The molecule has 24 heavy (non-hydrogen) atoms. The van der Waals surface area contributed by atoms with Crippen molar-refractivity contribution in [3.63, 3.8) is 0 Å². The van der Waals surface area contributed by atoms with Gasteiger partial charge in [-0.25, -0.2) is 0 Å². The van der Waals surface area contributed by atoms with Gasteiger partial charge >= 0.3 is 0 Å². The van der Waals surface area contributed by atoms with Crippen molar-refractivity contribution in [1.29, 1.82) is 0 Å². The normalized spacial score (nSPS) is 11.0. The highest BCUT2D eigenvalue weighted by Crippen LogP contribution is 2.23. The van der Waals surface area contributed by atoms with Gasteiger partial charge in [0.05, 0.1) is 11.4 Å². The average molecular weight is 342 g/mol. The Morgan fingerprint density at radius 2 is 2.00 bits per heavy atom. The summed E-state index contributed by atoms with van der Waals surface area (Å²) in [7, 11) is 3.61. The predicted octanol–water partition coefficient (Wildman–Crippen LogP) is 2.79. The van der Waals surface area contributed by atoms with E-state index in [-0.39, 0.29) is 5.91 Å². The fourth-order valence-electron chi connectivity index (χ4n) is 2.32. The number of hydrogen-bond donors (Lipinski definition) is 1. The molecule has 0 bridgehead atoms. The van der Waals surface area contributed by atoms with Crippen LogP contribution in [0, 0.1) is 0 Å². The van der Waals surface area contributed by atoms with Crippen LogP contribution in [0.15, 0.2) is 46.2 Å². The molecular formula is C17H18N4O2S. The second-order valence-electron chi connectivity index (χ2n) is 5.43. The van der Waals surface area contributed by atoms with Crippen molar-refractivity contribution >= 4 is 17.2 Å². The number of hydrogen-bond acceptors (Lipinski definition) is 6. The van der Waals surface area contributed by atoms with Crippen LogP contribution in [0.4, 0.5) is 0 Å². The molecule has 1 aromatic carbocycles. The van der Waals surface area contributed by atoms with Crippen LogP contribution < -0.4 is 5.32 Å². The third-order valence-corrected chi connectivity index (χ3v) is 4.36. The molecule has 0 unspecified atom stereocenters. The monoisotopic (exact) mass is 342 g/mol. The van der Waals surface area contributed by atoms with Crippen molar-refractivity contribution in [3.05, 3.63) is 58.8 Å². The molecule has 1 N–H and O–H groups in total. The summed E-state index contributed by atoms with van der Waals surface area (Å²) >= 11 is 1.57. The Kier molecular flexibility index (Phi) is 5.02. The van der Waals surface area contributed by atoms with Crippen LogP contribution in [0.5, 0.6) is 0 Å². The summed E-state index contributed by atoms with van der Waals surface area (Å²) in [6, 6.07) is 11.5. The van der Waals surface area contributed by atoms with Crippen molar-refractivity contribution in [3.8, 4) is 10.8 Å². The highest BCUT2D eigenvalue weighted by atomic mass is 32.1. The Morgan fingerprint density at radius 1 is 1.21 bits per heavy atom. The summed E-state index contributed by atoms with van der Waals surface area (Å²) in [5.74, 6) is 1.06. The molecule has 0 atom stereocenters. The second-order valence-corrected chi connectivity index (χ2v) is 6.37. The predicted molar refractivity (Wildman–Crippen MR) is 92.6 cm³/mol. The molecule has 124 valence electrons. The zero-order chi connectivity index (χ0) is 16.9. The van der Waals surface area contributed by atoms with E-state index in [0.29, 0.717) is 23.9 Å². The lowest BCUT2D eigenvalue weighted by Gasteiger charge is -2.14. The quantitative estimate of drug-likeness (QED) is 0.746. The zero-order valence-corrected chi connectivity index (χ0v) is 14.3. The van der Waals surface area contributed by atoms with Gasteiger partial charge in [-0.1, -0.05) is 18.2 Å². The van der Waals surface area contributed by atoms with E-state index in [0.717, 1.165) is 17.0 Å². The van der Waals surface area contributed by atoms with Gasteiger partial charge in [0.15, 0.2) is 0 Å². The highest BCUT2D eigenvalue weighted by Gasteiger charge is 2.12. The van der Waals surface area contributed by atoms with Gasteiger partial charge in [0.2, 0.25) is 5.89 Å². The molecule has 7 heteroatoms. The molecule has 0 radical (unpaired) electrons. The summed E-state index contributed by atoms with van der Waals surface area (Å²) in [6.45, 7) is 1.29. The lowest BCUT2D eigenvalue weighted by molar-refractivity contribution is 0.0963. The topological polar surface area (TPSA) is 71.3 Å². The van der Waals surface area contributed by atoms with Crippen LogP contribution in [0.1, 0.15) is 21.8 Å². The maximum Gasteiger partial charge on any atom is 0.257 e. The Morgan fingerprint density at radius 3 is 2.67 bits per heavy atom. The number of aromatic nitrogens is 2. The first-order chi connectivity index (χ1) is 11.7. The van der Waals surface area contributed by atoms with Crippen molar-refractivity contribution in [2.75, 3.05) is 14.1 Å². The minimum absolute atomic E-state index is 0.0816. The Hall–Kier alpha value is -2.51. The number of benzene rings is 1. The van der Waals surface area contributed by atoms with E-state index in [1.54, 1.807) is 18.4 Å². The highest BCUT2D eigenvalue weighted by molar-refractivity contribution is 7.13. The smallest absolute Gasteiger partial charge is 0.257 e. The van der Waals surface area contributed by atoms with Crippen LogP contribution in [-0.2, 0) is 13.1 Å². The van der Waals surface area contributed by atoms with Gasteiger partial charge < -0.3 is 9.73 Å². The maximum atomic E-state index is 11.5. The third-order valence-electron chi connectivity index (χ3n) is 3.50. The summed E-state index contributed by atoms with van der Waals surface area (Å²) in [5.41, 5.74) is 1.77. The maximum absolute atomic E-state index is 11.5. The SMILES string of the molecule is CNC(=O)c1ccc(CN(C)Cc2nnc(-c3cccs3)o2)cc1. The standard InChI is InChI=1S/C17H18N4O2S/c1-18-16(22)13-7-5-12(6-8-13)10-21(2)11-15-19-20-17(23-15)14-4-3-9-24-14/h3-9H,10-11H2,1-2H3,(H,18,22). The molecule has 0 fully saturated rings. The first kappa shape index (κ1) is 16.4. The number of carbonyl (C=O) groups is 1. The molecule has 0 saturated heterocycles. The number of thiophene rings is 1. The van der Waals surface area contributed by atoms with E-state index in [1.807, 2.05) is 48.8 Å². The van der Waals surface area contributed by atoms with Crippen LogP contribution in [0.25, 0.3) is 10.8 Å². The van der Waals surface area contributed by atoms with Crippen LogP contribution in [0.3, 0.4) is 0 Å². The molecule has 1 amide bonds. The molecule has 0 aliphatic heterocycles. The van der Waals surface area contributed by atoms with Crippen LogP contribution in [0.2, 0.25) is 0 Å². The van der Waals surface area contributed by atoms with Gasteiger partial charge in [0.25, 0.3) is 11.8 Å². The minimum Gasteiger partial charge on any atom is -0.419 e. The van der Waals surface area contributed by atoms with Crippen LogP contribution in [-0.4, -0.2) is 35.1 Å². The van der Waals surface area contributed by atoms with Crippen molar-refractivity contribution in [1.82, 2.24) is 20.4 Å². The number of carbonyl (C=O) groups excluding carboxylic acids is 1. The molecule has 0 saturated carbocycles. The summed E-state index contributed by atoms with van der Waals surface area (Å²) in [5, 5.41) is 12.8. The Labute approximate surface area is 144 Å². The molecule has 0 aliphatic rings. The van der Waals surface area contributed by atoms with E-state index in [1.165, 1.54) is 0 Å². The van der Waals surface area contributed by atoms with E-state index >= 15 is 0 Å². The van der Waals surface area contributed by atoms with E-state index in [4.69, 9.17) is 4.42 Å². The number of rotatable bonds is 6. The van der Waals surface area contributed by atoms with Gasteiger partial charge in [-0.2, -0.15) is 0 Å². The van der Waals surface area contributed by atoms with E-state index < -0.39 is 0 Å². The van der Waals surface area contributed by atoms with Crippen LogP contribution >= 0.6 is 11.3 Å².